The van der Waals surface area contributed by atoms with Gasteiger partial charge in [-0.25, -0.2) is 49.8 Å². The van der Waals surface area contributed by atoms with Gasteiger partial charge in [0.1, 0.15) is 84.9 Å². The summed E-state index contributed by atoms with van der Waals surface area (Å²) in [4.78, 5) is 77.4. The van der Waals surface area contributed by atoms with Gasteiger partial charge in [0.2, 0.25) is 5.91 Å². The molecule has 20 rings (SSSR count). The molecular formula is C85H118N20OS5. The van der Waals surface area contributed by atoms with E-state index in [4.69, 9.17) is 20.8 Å². The third-order valence-corrected chi connectivity index (χ3v) is 30.8. The summed E-state index contributed by atoms with van der Waals surface area (Å²) in [6, 6.07) is 3.70. The summed E-state index contributed by atoms with van der Waals surface area (Å²) < 4.78 is 88.0. The van der Waals surface area contributed by atoms with Crippen molar-refractivity contribution in [2.24, 2.45) is 17.6 Å². The van der Waals surface area contributed by atoms with Crippen molar-refractivity contribution >= 4 is 143 Å². The van der Waals surface area contributed by atoms with Crippen LogP contribution in [-0.4, -0.2) is 193 Å². The first-order valence-corrected chi connectivity index (χ1v) is 44.8. The maximum atomic E-state index is 11.4. The lowest BCUT2D eigenvalue weighted by molar-refractivity contribution is -0.122. The average molecular weight is 1610 g/mol. The van der Waals surface area contributed by atoms with Crippen molar-refractivity contribution in [3.05, 3.63) is 83.8 Å². The summed E-state index contributed by atoms with van der Waals surface area (Å²) in [5.74, 6) is 5.11. The molecule has 1 unspecified atom stereocenters. The largest absolute Gasteiger partial charge is 0.369 e. The Bertz CT molecular complexity index is 5360. The van der Waals surface area contributed by atoms with Gasteiger partial charge >= 0.3 is 0 Å². The van der Waals surface area contributed by atoms with Crippen LogP contribution in [0.5, 0.6) is 0 Å². The lowest BCUT2D eigenvalue weighted by Crippen LogP contribution is -2.39. The molecule has 1 saturated heterocycles. The van der Waals surface area contributed by atoms with Crippen molar-refractivity contribution in [3.63, 3.8) is 0 Å². The molecule has 594 valence electrons. The van der Waals surface area contributed by atoms with E-state index in [1.807, 2.05) is 11.3 Å². The van der Waals surface area contributed by atoms with Crippen molar-refractivity contribution in [1.29, 1.82) is 0 Å². The van der Waals surface area contributed by atoms with Crippen LogP contribution in [-0.2, 0) is 68.9 Å². The van der Waals surface area contributed by atoms with E-state index in [1.165, 1.54) is 83.4 Å². The predicted molar refractivity (Wildman–Crippen MR) is 464 cm³/mol. The Kier molecular flexibility index (Phi) is 20.9. The van der Waals surface area contributed by atoms with Gasteiger partial charge in [-0.1, -0.05) is 6.92 Å². The van der Waals surface area contributed by atoms with Crippen LogP contribution >= 0.6 is 56.7 Å². The summed E-state index contributed by atoms with van der Waals surface area (Å²) >= 11 is 8.17. The number of hydrogen-bond acceptors (Lipinski definition) is 25. The summed E-state index contributed by atoms with van der Waals surface area (Å²) in [5, 5.41) is 19.7. The highest BCUT2D eigenvalue weighted by molar-refractivity contribution is 7.20. The number of carbonyl (C=O) groups excluding carboxylic acids is 1. The van der Waals surface area contributed by atoms with Crippen molar-refractivity contribution in [1.82, 2.24) is 69.4 Å². The van der Waals surface area contributed by atoms with E-state index in [0.29, 0.717) is 74.8 Å². The summed E-state index contributed by atoms with van der Waals surface area (Å²) in [6.07, 6.45) is 30.7. The first kappa shape index (κ1) is 65.7. The Morgan fingerprint density at radius 3 is 1.19 bits per heavy atom. The molecule has 9 aliphatic carbocycles. The summed E-state index contributed by atoms with van der Waals surface area (Å²) in [7, 11) is 14.6. The Labute approximate surface area is 691 Å². The molecule has 6 N–H and O–H groups in total. The van der Waals surface area contributed by atoms with E-state index in [9.17, 15) is 4.79 Å². The molecule has 11 heterocycles. The Morgan fingerprint density at radius 1 is 0.405 bits per heavy atom. The van der Waals surface area contributed by atoms with Gasteiger partial charge in [0.15, 0.2) is 0 Å². The third kappa shape index (κ3) is 17.6. The van der Waals surface area contributed by atoms with Gasteiger partial charge in [0.25, 0.3) is 0 Å². The van der Waals surface area contributed by atoms with Crippen molar-refractivity contribution in [2.45, 2.75) is 267 Å². The molecule has 1 atom stereocenters. The number of nitrogens with one attached hydrogen (secondary N) is 4. The fraction of sp³-hybridized carbons (Fsp3) is 0.635. The van der Waals surface area contributed by atoms with Crippen LogP contribution in [0.15, 0.2) is 31.6 Å². The molecule has 5 fully saturated rings. The van der Waals surface area contributed by atoms with Gasteiger partial charge in [-0.2, -0.15) is 0 Å². The van der Waals surface area contributed by atoms with Crippen molar-refractivity contribution in [3.8, 4) is 0 Å². The van der Waals surface area contributed by atoms with Gasteiger partial charge in [0.05, 0.1) is 26.9 Å². The molecule has 0 bridgehead atoms. The Morgan fingerprint density at radius 2 is 0.766 bits per heavy atom. The molecule has 10 aromatic heterocycles. The van der Waals surface area contributed by atoms with Gasteiger partial charge in [0, 0.05) is 107 Å². The van der Waals surface area contributed by atoms with E-state index >= 15 is 0 Å². The first-order chi connectivity index (χ1) is 58.1. The number of fused-ring (bicyclic) bond motifs is 15. The SMILES string of the molecule is CC1CCc2c(sc3ncnc(N4CCC(C(N)=O)CC4)c23)C1.[2H]C1([2H])CCc2c1sc1ncnc(NC3CCC(N(C)C)CC3)c21.[2H]C1([2H])CCc2sc3ncnc(NC4CCC(N(C)C)CC4)c3c21.[2H]C1([2H])Cc2sc3ncnc(NC4CCC(N(C)C([2H])([2H])[2H])CC4)c3c2C1.[2H]C1([2H])Cc2sc3ncnc(NC4CCC(N(C)C)CC4)c3c2C1. The first-order valence-electron chi connectivity index (χ1n) is 46.2. The molecule has 1 aliphatic heterocycles. The second kappa shape index (κ2) is 35.3. The van der Waals surface area contributed by atoms with Crippen molar-refractivity contribution < 1.29 is 19.9 Å². The normalized spacial score (nSPS) is 27.7. The van der Waals surface area contributed by atoms with Gasteiger partial charge in [-0.05, 0) is 302 Å². The molecule has 26 heteroatoms. The Hall–Kier alpha value is -6.49. The maximum Gasteiger partial charge on any atom is 0.220 e. The van der Waals surface area contributed by atoms with E-state index < -0.39 is 32.5 Å². The molecule has 111 heavy (non-hydrogen) atoms. The fourth-order valence-corrected chi connectivity index (χ4v) is 24.4. The van der Waals surface area contributed by atoms with E-state index in [0.717, 1.165) is 232 Å². The number of nitrogens with zero attached hydrogens (tertiary/aromatic N) is 15. The second-order valence-electron chi connectivity index (χ2n) is 33.0. The summed E-state index contributed by atoms with van der Waals surface area (Å²) in [6.45, 7) is 1.98. The lowest BCUT2D eigenvalue weighted by Gasteiger charge is -2.33. The molecule has 21 nitrogen and oxygen atoms in total. The van der Waals surface area contributed by atoms with Crippen LogP contribution in [0, 0.1) is 11.8 Å². The third-order valence-electron chi connectivity index (χ3n) is 25.1. The zero-order valence-corrected chi connectivity index (χ0v) is 69.9. The minimum atomic E-state index is -2.04. The Balaban J connectivity index is 0.000000113. The highest BCUT2D eigenvalue weighted by Crippen LogP contribution is 2.46. The van der Waals surface area contributed by atoms with Crippen molar-refractivity contribution in [2.75, 3.05) is 95.6 Å². The minimum absolute atomic E-state index is 0.0146. The predicted octanol–water partition coefficient (Wildman–Crippen LogP) is 16.4. The van der Waals surface area contributed by atoms with Gasteiger partial charge < -0.3 is 51.5 Å². The topological polar surface area (TPSA) is 236 Å². The smallest absolute Gasteiger partial charge is 0.220 e. The quantitative estimate of drug-likeness (QED) is 0.0680. The number of thiophene rings is 5. The number of anilines is 5. The van der Waals surface area contributed by atoms with Gasteiger partial charge in [-0.15, -0.1) is 56.7 Å². The van der Waals surface area contributed by atoms with E-state index in [-0.39, 0.29) is 23.9 Å². The number of primary amides is 1. The lowest BCUT2D eigenvalue weighted by atomic mass is 9.89. The second-order valence-corrected chi connectivity index (χ2v) is 38.3. The fourth-order valence-electron chi connectivity index (χ4n) is 18.6. The highest BCUT2D eigenvalue weighted by atomic mass is 32.1. The van der Waals surface area contributed by atoms with Crippen LogP contribution in [0.1, 0.15) is 222 Å². The summed E-state index contributed by atoms with van der Waals surface area (Å²) in [5.41, 5.74) is 11.1. The number of rotatable bonds is 14. The van der Waals surface area contributed by atoms with Crippen LogP contribution in [0.2, 0.25) is 0 Å². The molecule has 4 saturated carbocycles. The van der Waals surface area contributed by atoms with Gasteiger partial charge in [-0.3, -0.25) is 4.79 Å². The molecule has 10 aromatic rings. The number of hydrogen-bond donors (Lipinski definition) is 5. The van der Waals surface area contributed by atoms with Crippen LogP contribution < -0.4 is 31.9 Å². The van der Waals surface area contributed by atoms with Crippen LogP contribution in [0.3, 0.4) is 0 Å². The number of nitrogens with two attached hydrogens (primary N) is 1. The average Bonchev–Trinajstić information content (AvgIpc) is 1.58. The van der Waals surface area contributed by atoms with E-state index in [1.54, 1.807) is 72.7 Å². The van der Waals surface area contributed by atoms with Crippen LogP contribution in [0.25, 0.3) is 51.1 Å². The zero-order valence-electron chi connectivity index (χ0n) is 76.8. The molecule has 10 aliphatic rings. The maximum absolute atomic E-state index is 11.4. The number of amides is 1. The number of aromatic nitrogens is 10. The van der Waals surface area contributed by atoms with E-state index in [2.05, 4.69) is 140 Å². The number of piperidine rings is 1. The molecule has 1 amide bonds. The molecule has 0 aromatic carbocycles. The monoisotopic (exact) mass is 1610 g/mol. The van der Waals surface area contributed by atoms with Crippen LogP contribution in [0.4, 0.5) is 29.1 Å². The molecule has 0 spiro atoms. The standard InChI is InChI=1S/C17H22N4OS.4C17H24N4S/c1-10-2-3-12-13(8-10)23-17-14(12)16(19-9-20-17)21-6-4-11(5-7-21)15(18)22;4*1-21(2)12-8-6-11(7-9-12)20-16-15-13-4-3-5-14(13)22-17(15)19-10-18-16/h9-11H,2-8H2,1H3,(H2,18,22);4*10-12H,3-9H2,1-2H3,(H,18,19,20)/i;1D3,3D2;5D2;4D2;3D2. The molecule has 0 radical (unpaired) electrons. The zero-order chi connectivity index (χ0) is 86.1. The number of aryl methyl sites for hydroxylation is 9. The molecular weight excluding hydrogens is 1480 g/mol. The highest BCUT2D eigenvalue weighted by Gasteiger charge is 2.34. The number of carbonyl (C=O) groups is 1. The minimum Gasteiger partial charge on any atom is -0.369 e.